The van der Waals surface area contributed by atoms with Gasteiger partial charge in [-0.05, 0) is 20.8 Å². The molecule has 0 amide bonds. The molecule has 68 valence electrons. The van der Waals surface area contributed by atoms with Crippen LogP contribution < -0.4 is 0 Å². The molecule has 0 aliphatic rings. The molecule has 0 rings (SSSR count). The van der Waals surface area contributed by atoms with Crippen molar-refractivity contribution < 1.29 is 9.53 Å². The highest BCUT2D eigenvalue weighted by molar-refractivity contribution is 5.85. The fourth-order valence-electron chi connectivity index (χ4n) is 0.343. The van der Waals surface area contributed by atoms with Crippen LogP contribution in [-0.4, -0.2) is 11.6 Å². The van der Waals surface area contributed by atoms with Gasteiger partial charge in [-0.3, -0.25) is 0 Å². The molecule has 0 N–H and O–H groups in total. The number of rotatable bonds is 1. The standard InChI is InChI=1S/C7H12O2.2ClH/c1-5-6(8)9-7(2,3)4;;/h5H,1H2,2-4H3;2*1H. The lowest BCUT2D eigenvalue weighted by Gasteiger charge is -2.17. The molecule has 0 saturated carbocycles. The van der Waals surface area contributed by atoms with Gasteiger partial charge in [0.05, 0.1) is 0 Å². The molecule has 0 aromatic carbocycles. The van der Waals surface area contributed by atoms with Crippen molar-refractivity contribution in [3.05, 3.63) is 12.7 Å². The zero-order chi connectivity index (χ0) is 7.49. The van der Waals surface area contributed by atoms with Crippen molar-refractivity contribution in [1.82, 2.24) is 0 Å². The molecule has 2 nitrogen and oxygen atoms in total. The molecule has 0 radical (unpaired) electrons. The molecule has 0 aliphatic heterocycles. The predicted molar refractivity (Wildman–Crippen MR) is 50.5 cm³/mol. The number of carbonyl (C=O) groups is 1. The van der Waals surface area contributed by atoms with Crippen molar-refractivity contribution in [3.63, 3.8) is 0 Å². The Hall–Kier alpha value is -0.210. The first-order chi connectivity index (χ1) is 3.95. The maximum Gasteiger partial charge on any atom is 0.330 e. The van der Waals surface area contributed by atoms with Crippen LogP contribution in [0.15, 0.2) is 12.7 Å². The molecule has 0 aliphatic carbocycles. The molecule has 0 aromatic rings. The summed E-state index contributed by atoms with van der Waals surface area (Å²) in [4.78, 5) is 10.5. The Labute approximate surface area is 79.8 Å². The van der Waals surface area contributed by atoms with E-state index < -0.39 is 5.60 Å². The average molecular weight is 201 g/mol. The van der Waals surface area contributed by atoms with E-state index in [1.807, 2.05) is 20.8 Å². The normalized spacial score (nSPS) is 8.64. The van der Waals surface area contributed by atoms with Crippen LogP contribution in [0.5, 0.6) is 0 Å². The first-order valence-corrected chi connectivity index (χ1v) is 2.81. The van der Waals surface area contributed by atoms with Crippen LogP contribution >= 0.6 is 24.8 Å². The second-order valence-electron chi connectivity index (χ2n) is 2.74. The molecular weight excluding hydrogens is 187 g/mol. The number of hydrogen-bond acceptors (Lipinski definition) is 2. The second kappa shape index (κ2) is 6.50. The Morgan fingerprint density at radius 2 is 1.73 bits per heavy atom. The summed E-state index contributed by atoms with van der Waals surface area (Å²) in [5, 5.41) is 0. The van der Waals surface area contributed by atoms with Crippen molar-refractivity contribution >= 4 is 30.8 Å². The topological polar surface area (TPSA) is 26.3 Å². The lowest BCUT2D eigenvalue weighted by molar-refractivity contribution is -0.148. The predicted octanol–water partition coefficient (Wildman–Crippen LogP) is 2.36. The first-order valence-electron chi connectivity index (χ1n) is 2.81. The maximum absolute atomic E-state index is 10.5. The summed E-state index contributed by atoms with van der Waals surface area (Å²) in [6.45, 7) is 8.71. The largest absolute Gasteiger partial charge is 0.457 e. The van der Waals surface area contributed by atoms with Crippen LogP contribution in [0, 0.1) is 0 Å². The number of hydrogen-bond donors (Lipinski definition) is 0. The highest BCUT2D eigenvalue weighted by Crippen LogP contribution is 2.06. The summed E-state index contributed by atoms with van der Waals surface area (Å²) in [5.74, 6) is -0.373. The van der Waals surface area contributed by atoms with Gasteiger partial charge in [-0.25, -0.2) is 4.79 Å². The Morgan fingerprint density at radius 1 is 1.36 bits per heavy atom. The Balaban J connectivity index is -0.000000320. The van der Waals surface area contributed by atoms with Gasteiger partial charge in [0.1, 0.15) is 5.60 Å². The van der Waals surface area contributed by atoms with E-state index in [1.54, 1.807) is 0 Å². The van der Waals surface area contributed by atoms with E-state index in [0.29, 0.717) is 0 Å². The van der Waals surface area contributed by atoms with Crippen LogP contribution in [0.3, 0.4) is 0 Å². The van der Waals surface area contributed by atoms with Gasteiger partial charge < -0.3 is 4.74 Å². The summed E-state index contributed by atoms with van der Waals surface area (Å²) in [5.41, 5.74) is -0.398. The van der Waals surface area contributed by atoms with Crippen molar-refractivity contribution in [1.29, 1.82) is 0 Å². The summed E-state index contributed by atoms with van der Waals surface area (Å²) >= 11 is 0. The smallest absolute Gasteiger partial charge is 0.330 e. The zero-order valence-electron chi connectivity index (χ0n) is 6.92. The van der Waals surface area contributed by atoms with Crippen molar-refractivity contribution in [2.75, 3.05) is 0 Å². The molecular formula is C7H14Cl2O2. The van der Waals surface area contributed by atoms with Crippen LogP contribution in [0.2, 0.25) is 0 Å². The van der Waals surface area contributed by atoms with E-state index in [0.717, 1.165) is 6.08 Å². The minimum absolute atomic E-state index is 0. The van der Waals surface area contributed by atoms with Crippen LogP contribution in [0.1, 0.15) is 20.8 Å². The monoisotopic (exact) mass is 200 g/mol. The third kappa shape index (κ3) is 12.9. The van der Waals surface area contributed by atoms with Crippen molar-refractivity contribution in [2.45, 2.75) is 26.4 Å². The van der Waals surface area contributed by atoms with Gasteiger partial charge in [0.25, 0.3) is 0 Å². The van der Waals surface area contributed by atoms with Crippen molar-refractivity contribution in [3.8, 4) is 0 Å². The van der Waals surface area contributed by atoms with Crippen LogP contribution in [0.4, 0.5) is 0 Å². The Kier molecular flexibility index (Phi) is 10.1. The van der Waals surface area contributed by atoms with Gasteiger partial charge in [0.15, 0.2) is 0 Å². The van der Waals surface area contributed by atoms with E-state index >= 15 is 0 Å². The Bertz CT molecular complexity index is 127. The minimum Gasteiger partial charge on any atom is -0.457 e. The third-order valence-electron chi connectivity index (χ3n) is 0.573. The Morgan fingerprint density at radius 3 is 1.82 bits per heavy atom. The summed E-state index contributed by atoms with van der Waals surface area (Å²) < 4.78 is 4.83. The first kappa shape index (κ1) is 17.0. The van der Waals surface area contributed by atoms with Gasteiger partial charge in [-0.15, -0.1) is 24.8 Å². The number of halogens is 2. The fourth-order valence-corrected chi connectivity index (χ4v) is 0.343. The summed E-state index contributed by atoms with van der Waals surface area (Å²) in [6, 6.07) is 0. The van der Waals surface area contributed by atoms with Crippen LogP contribution in [-0.2, 0) is 9.53 Å². The molecule has 4 heteroatoms. The number of carbonyl (C=O) groups excluding carboxylic acids is 1. The van der Waals surface area contributed by atoms with E-state index in [-0.39, 0.29) is 30.8 Å². The highest BCUT2D eigenvalue weighted by atomic mass is 35.5. The highest BCUT2D eigenvalue weighted by Gasteiger charge is 2.12. The van der Waals surface area contributed by atoms with E-state index in [2.05, 4.69) is 6.58 Å². The number of esters is 1. The lowest BCUT2D eigenvalue weighted by Crippen LogP contribution is -2.22. The molecule has 0 atom stereocenters. The fraction of sp³-hybridized carbons (Fsp3) is 0.571. The average Bonchev–Trinajstić information content (AvgIpc) is 1.62. The van der Waals surface area contributed by atoms with E-state index in [1.165, 1.54) is 0 Å². The molecule has 0 fully saturated rings. The molecule has 0 heterocycles. The quantitative estimate of drug-likeness (QED) is 0.480. The maximum atomic E-state index is 10.5. The van der Waals surface area contributed by atoms with E-state index in [4.69, 9.17) is 4.74 Å². The molecule has 0 saturated heterocycles. The van der Waals surface area contributed by atoms with Crippen molar-refractivity contribution in [2.24, 2.45) is 0 Å². The van der Waals surface area contributed by atoms with Gasteiger partial charge in [0.2, 0.25) is 0 Å². The second-order valence-corrected chi connectivity index (χ2v) is 2.74. The summed E-state index contributed by atoms with van der Waals surface area (Å²) in [7, 11) is 0. The molecule has 0 aromatic heterocycles. The molecule has 11 heavy (non-hydrogen) atoms. The van der Waals surface area contributed by atoms with Gasteiger partial charge >= 0.3 is 5.97 Å². The SMILES string of the molecule is C=CC(=O)OC(C)(C)C.Cl.Cl. The minimum atomic E-state index is -0.398. The van der Waals surface area contributed by atoms with Gasteiger partial charge in [0, 0.05) is 6.08 Å². The summed E-state index contributed by atoms with van der Waals surface area (Å²) in [6.07, 6.45) is 1.16. The third-order valence-corrected chi connectivity index (χ3v) is 0.573. The van der Waals surface area contributed by atoms with Crippen LogP contribution in [0.25, 0.3) is 0 Å². The van der Waals surface area contributed by atoms with Gasteiger partial charge in [-0.2, -0.15) is 0 Å². The van der Waals surface area contributed by atoms with Gasteiger partial charge in [-0.1, -0.05) is 6.58 Å². The van der Waals surface area contributed by atoms with E-state index in [9.17, 15) is 4.79 Å². The molecule has 0 unspecified atom stereocenters. The molecule has 0 bridgehead atoms. The number of ether oxygens (including phenoxy) is 1. The molecule has 0 spiro atoms. The zero-order valence-corrected chi connectivity index (χ0v) is 8.55. The lowest BCUT2D eigenvalue weighted by atomic mass is 10.2.